The van der Waals surface area contributed by atoms with Gasteiger partial charge < -0.3 is 4.74 Å². The van der Waals surface area contributed by atoms with Gasteiger partial charge in [0, 0.05) is 12.8 Å². The molecule has 1 unspecified atom stereocenters. The number of hydrogen-bond acceptors (Lipinski definition) is 2. The predicted octanol–water partition coefficient (Wildman–Crippen LogP) is 4.02. The van der Waals surface area contributed by atoms with Gasteiger partial charge in [-0.05, 0) is 25.1 Å². The summed E-state index contributed by atoms with van der Waals surface area (Å²) in [4.78, 5) is 11.3. The van der Waals surface area contributed by atoms with Crippen molar-refractivity contribution in [3.8, 4) is 5.75 Å². The molecule has 0 aliphatic rings. The topological polar surface area (TPSA) is 26.3 Å². The summed E-state index contributed by atoms with van der Waals surface area (Å²) in [7, 11) is 0. The number of carbonyl (C=O) groups excluding carboxylic acids is 1. The van der Waals surface area contributed by atoms with E-state index in [0.717, 1.165) is 5.75 Å². The highest BCUT2D eigenvalue weighted by Crippen LogP contribution is 2.15. The highest BCUT2D eigenvalue weighted by atomic mass is 16.5. The Hall–Kier alpha value is -2.09. The number of carbonyl (C=O) groups is 1. The van der Waals surface area contributed by atoms with Crippen molar-refractivity contribution in [1.29, 1.82) is 0 Å². The average molecular weight is 256 g/mol. The van der Waals surface area contributed by atoms with Gasteiger partial charge in [-0.15, -0.1) is 6.58 Å². The summed E-state index contributed by atoms with van der Waals surface area (Å²) in [5, 5.41) is 0. The molecule has 1 atom stereocenters. The van der Waals surface area contributed by atoms with E-state index in [1.807, 2.05) is 37.3 Å². The lowest BCUT2D eigenvalue weighted by Crippen LogP contribution is -2.12. The monoisotopic (exact) mass is 256 g/mol. The molecular weight excluding hydrogens is 236 g/mol. The summed E-state index contributed by atoms with van der Waals surface area (Å²) >= 11 is 0. The quantitative estimate of drug-likeness (QED) is 0.518. The summed E-state index contributed by atoms with van der Waals surface area (Å²) in [5.41, 5.74) is 1.19. The van der Waals surface area contributed by atoms with Crippen molar-refractivity contribution >= 4 is 5.78 Å². The van der Waals surface area contributed by atoms with E-state index in [-0.39, 0.29) is 11.9 Å². The molecule has 19 heavy (non-hydrogen) atoms. The maximum atomic E-state index is 11.3. The number of ether oxygens (including phenoxy) is 1. The Bertz CT molecular complexity index is 455. The van der Waals surface area contributed by atoms with Gasteiger partial charge in [-0.1, -0.05) is 42.5 Å². The van der Waals surface area contributed by atoms with E-state index < -0.39 is 0 Å². The highest BCUT2D eigenvalue weighted by molar-refractivity contribution is 5.90. The van der Waals surface area contributed by atoms with E-state index in [1.54, 1.807) is 18.2 Å². The molecule has 0 N–H and O–H groups in total. The van der Waals surface area contributed by atoms with Crippen LogP contribution in [0, 0.1) is 6.92 Å². The van der Waals surface area contributed by atoms with Crippen LogP contribution in [0.15, 0.2) is 61.7 Å². The first kappa shape index (κ1) is 15.0. The van der Waals surface area contributed by atoms with E-state index in [0.29, 0.717) is 12.8 Å². The molecule has 0 amide bonds. The molecule has 0 spiro atoms. The minimum absolute atomic E-state index is 0.0492. The fourth-order valence-corrected chi connectivity index (χ4v) is 1.53. The van der Waals surface area contributed by atoms with E-state index in [4.69, 9.17) is 4.74 Å². The fraction of sp³-hybridized carbons (Fsp3) is 0.235. The number of aryl methyl sites for hydroxylation is 1. The van der Waals surface area contributed by atoms with Gasteiger partial charge in [0.05, 0.1) is 0 Å². The van der Waals surface area contributed by atoms with Crippen molar-refractivity contribution in [3.05, 3.63) is 67.3 Å². The van der Waals surface area contributed by atoms with Crippen LogP contribution >= 0.6 is 0 Å². The van der Waals surface area contributed by atoms with Gasteiger partial charge in [-0.3, -0.25) is 4.79 Å². The second-order valence-electron chi connectivity index (χ2n) is 4.30. The number of hydrogen-bond donors (Lipinski definition) is 0. The molecule has 2 nitrogen and oxygen atoms in total. The Balaban J connectivity index is 2.50. The third-order valence-electron chi connectivity index (χ3n) is 2.59. The molecule has 1 rings (SSSR count). The van der Waals surface area contributed by atoms with Crippen molar-refractivity contribution in [2.75, 3.05) is 0 Å². The second-order valence-corrected chi connectivity index (χ2v) is 4.30. The number of ketones is 1. The van der Waals surface area contributed by atoms with E-state index in [9.17, 15) is 4.79 Å². The molecule has 0 fully saturated rings. The Labute approximate surface area is 115 Å². The molecule has 1 aromatic rings. The van der Waals surface area contributed by atoms with Gasteiger partial charge in [0.2, 0.25) is 0 Å². The highest BCUT2D eigenvalue weighted by Gasteiger charge is 2.04. The number of benzene rings is 1. The smallest absolute Gasteiger partial charge is 0.159 e. The Morgan fingerprint density at radius 2 is 2.00 bits per heavy atom. The third kappa shape index (κ3) is 5.87. The van der Waals surface area contributed by atoms with E-state index in [1.165, 1.54) is 5.56 Å². The fourth-order valence-electron chi connectivity index (χ4n) is 1.53. The molecule has 2 heteroatoms. The largest absolute Gasteiger partial charge is 0.486 e. The molecule has 1 aromatic carbocycles. The van der Waals surface area contributed by atoms with Crippen LogP contribution in [0.2, 0.25) is 0 Å². The Kier molecular flexibility index (Phi) is 6.37. The van der Waals surface area contributed by atoms with Crippen LogP contribution in [-0.2, 0) is 4.79 Å². The van der Waals surface area contributed by atoms with E-state index >= 15 is 0 Å². The Morgan fingerprint density at radius 1 is 1.32 bits per heavy atom. The maximum Gasteiger partial charge on any atom is 0.159 e. The van der Waals surface area contributed by atoms with Crippen LogP contribution in [0.3, 0.4) is 0 Å². The number of rotatable bonds is 8. The summed E-state index contributed by atoms with van der Waals surface area (Å²) in [6.45, 7) is 9.31. The summed E-state index contributed by atoms with van der Waals surface area (Å²) in [5.74, 6) is 0.856. The molecule has 0 heterocycles. The lowest BCUT2D eigenvalue weighted by molar-refractivity contribution is -0.113. The molecule has 0 aliphatic carbocycles. The second kappa shape index (κ2) is 8.09. The zero-order valence-electron chi connectivity index (χ0n) is 11.3. The van der Waals surface area contributed by atoms with Crippen molar-refractivity contribution in [2.45, 2.75) is 25.9 Å². The lowest BCUT2D eigenvalue weighted by Gasteiger charge is -2.13. The molecule has 0 bridgehead atoms. The summed E-state index contributed by atoms with van der Waals surface area (Å²) in [6.07, 6.45) is 7.58. The van der Waals surface area contributed by atoms with Crippen molar-refractivity contribution in [2.24, 2.45) is 0 Å². The Morgan fingerprint density at radius 3 is 2.58 bits per heavy atom. The minimum Gasteiger partial charge on any atom is -0.486 e. The van der Waals surface area contributed by atoms with Crippen LogP contribution in [0.4, 0.5) is 0 Å². The lowest BCUT2D eigenvalue weighted by atomic mass is 10.2. The molecule has 0 aliphatic heterocycles. The maximum absolute atomic E-state index is 11.3. The van der Waals surface area contributed by atoms with Gasteiger partial charge in [0.25, 0.3) is 0 Å². The van der Waals surface area contributed by atoms with Crippen molar-refractivity contribution in [3.63, 3.8) is 0 Å². The number of allylic oxidation sites excluding steroid dienone is 2. The van der Waals surface area contributed by atoms with Gasteiger partial charge in [-0.25, -0.2) is 0 Å². The first-order valence-corrected chi connectivity index (χ1v) is 6.32. The average Bonchev–Trinajstić information content (AvgIpc) is 2.40. The normalized spacial score (nSPS) is 12.1. The molecular formula is C17H20O2. The minimum atomic E-state index is -0.129. The standard InChI is InChI=1S/C17H20O2/c1-4-7-15(18)8-6-9-16(5-2)19-17-12-10-14(3)11-13-17/h4-6,8,10-13,16H,1-2,7,9H2,3H3/b8-6+. The zero-order chi connectivity index (χ0) is 14.1. The van der Waals surface area contributed by atoms with Gasteiger partial charge >= 0.3 is 0 Å². The third-order valence-corrected chi connectivity index (χ3v) is 2.59. The first-order valence-electron chi connectivity index (χ1n) is 6.32. The van der Waals surface area contributed by atoms with Crippen LogP contribution in [0.25, 0.3) is 0 Å². The zero-order valence-corrected chi connectivity index (χ0v) is 11.3. The predicted molar refractivity (Wildman–Crippen MR) is 79.4 cm³/mol. The molecule has 0 saturated heterocycles. The van der Waals surface area contributed by atoms with Gasteiger partial charge in [-0.2, -0.15) is 0 Å². The SMILES string of the molecule is C=CCC(=O)/C=C/CC(C=C)Oc1ccc(C)cc1. The van der Waals surface area contributed by atoms with Crippen molar-refractivity contribution in [1.82, 2.24) is 0 Å². The van der Waals surface area contributed by atoms with E-state index in [2.05, 4.69) is 13.2 Å². The van der Waals surface area contributed by atoms with Crippen LogP contribution in [0.5, 0.6) is 5.75 Å². The molecule has 0 aromatic heterocycles. The summed E-state index contributed by atoms with van der Waals surface area (Å²) < 4.78 is 5.76. The first-order chi connectivity index (χ1) is 9.15. The van der Waals surface area contributed by atoms with Gasteiger partial charge in [0.15, 0.2) is 5.78 Å². The van der Waals surface area contributed by atoms with Crippen LogP contribution in [-0.4, -0.2) is 11.9 Å². The van der Waals surface area contributed by atoms with Crippen molar-refractivity contribution < 1.29 is 9.53 Å². The molecule has 100 valence electrons. The van der Waals surface area contributed by atoms with Crippen LogP contribution in [0.1, 0.15) is 18.4 Å². The van der Waals surface area contributed by atoms with Gasteiger partial charge in [0.1, 0.15) is 11.9 Å². The summed E-state index contributed by atoms with van der Waals surface area (Å²) in [6, 6.07) is 7.86. The molecule has 0 saturated carbocycles. The molecule has 0 radical (unpaired) electrons. The van der Waals surface area contributed by atoms with Crippen LogP contribution < -0.4 is 4.74 Å².